The summed E-state index contributed by atoms with van der Waals surface area (Å²) >= 11 is 0. The van der Waals surface area contributed by atoms with E-state index in [2.05, 4.69) is 5.32 Å². The summed E-state index contributed by atoms with van der Waals surface area (Å²) in [5, 5.41) is 12.0. The molecule has 1 heterocycles. The van der Waals surface area contributed by atoms with Gasteiger partial charge in [-0.15, -0.1) is 0 Å². The highest BCUT2D eigenvalue weighted by atomic mass is 16.3. The van der Waals surface area contributed by atoms with Gasteiger partial charge in [-0.1, -0.05) is 6.92 Å². The first-order chi connectivity index (χ1) is 7.69. The van der Waals surface area contributed by atoms with Gasteiger partial charge in [0.25, 0.3) is 0 Å². The first-order valence-electron chi connectivity index (χ1n) is 6.26. The number of nitrogens with one attached hydrogen (secondary N) is 1. The maximum absolute atomic E-state index is 11.9. The van der Waals surface area contributed by atoms with E-state index < -0.39 is 0 Å². The highest BCUT2D eigenvalue weighted by Crippen LogP contribution is 2.13. The molecular weight excluding hydrogens is 204 g/mol. The van der Waals surface area contributed by atoms with Crippen molar-refractivity contribution in [3.05, 3.63) is 0 Å². The van der Waals surface area contributed by atoms with Crippen LogP contribution in [0.15, 0.2) is 0 Å². The van der Waals surface area contributed by atoms with E-state index in [-0.39, 0.29) is 18.6 Å². The van der Waals surface area contributed by atoms with E-state index >= 15 is 0 Å². The molecule has 16 heavy (non-hydrogen) atoms. The number of likely N-dealkylation sites (N-methyl/N-ethyl adjacent to an activating group) is 1. The lowest BCUT2D eigenvalue weighted by Gasteiger charge is -2.32. The Morgan fingerprint density at radius 3 is 3.00 bits per heavy atom. The average molecular weight is 228 g/mol. The minimum Gasteiger partial charge on any atom is -0.396 e. The molecule has 4 nitrogen and oxygen atoms in total. The molecule has 2 N–H and O–H groups in total. The number of carbonyl (C=O) groups is 1. The summed E-state index contributed by atoms with van der Waals surface area (Å²) in [6.07, 6.45) is 4.03. The molecule has 94 valence electrons. The highest BCUT2D eigenvalue weighted by Gasteiger charge is 2.26. The molecule has 1 amide bonds. The van der Waals surface area contributed by atoms with E-state index in [9.17, 15) is 4.79 Å². The van der Waals surface area contributed by atoms with Crippen LogP contribution in [-0.4, -0.2) is 48.7 Å². The van der Waals surface area contributed by atoms with Crippen molar-refractivity contribution in [3.8, 4) is 0 Å². The van der Waals surface area contributed by atoms with Crippen molar-refractivity contribution in [3.63, 3.8) is 0 Å². The molecule has 4 heteroatoms. The van der Waals surface area contributed by atoms with Crippen molar-refractivity contribution in [1.82, 2.24) is 10.2 Å². The molecule has 0 radical (unpaired) electrons. The van der Waals surface area contributed by atoms with Crippen LogP contribution in [0.3, 0.4) is 0 Å². The number of hydrogen-bond donors (Lipinski definition) is 2. The van der Waals surface area contributed by atoms with Gasteiger partial charge in [-0.3, -0.25) is 4.79 Å². The smallest absolute Gasteiger partial charge is 0.239 e. The molecule has 2 atom stereocenters. The van der Waals surface area contributed by atoms with Crippen molar-refractivity contribution in [2.75, 3.05) is 26.7 Å². The van der Waals surface area contributed by atoms with E-state index in [1.54, 1.807) is 0 Å². The van der Waals surface area contributed by atoms with Gasteiger partial charge in [-0.25, -0.2) is 0 Å². The van der Waals surface area contributed by atoms with Crippen LogP contribution in [0.4, 0.5) is 0 Å². The van der Waals surface area contributed by atoms with Crippen LogP contribution in [0, 0.1) is 5.92 Å². The molecule has 0 aliphatic carbocycles. The quantitative estimate of drug-likeness (QED) is 0.700. The molecule has 0 spiro atoms. The Balaban J connectivity index is 2.28. The summed E-state index contributed by atoms with van der Waals surface area (Å²) in [4.78, 5) is 13.9. The van der Waals surface area contributed by atoms with E-state index in [0.29, 0.717) is 5.92 Å². The maximum atomic E-state index is 11.9. The van der Waals surface area contributed by atoms with Gasteiger partial charge < -0.3 is 15.3 Å². The van der Waals surface area contributed by atoms with Crippen LogP contribution in [0.2, 0.25) is 0 Å². The summed E-state index contributed by atoms with van der Waals surface area (Å²) < 4.78 is 0. The second-order valence-corrected chi connectivity index (χ2v) is 4.74. The van der Waals surface area contributed by atoms with E-state index in [4.69, 9.17) is 5.11 Å². The summed E-state index contributed by atoms with van der Waals surface area (Å²) in [7, 11) is 1.85. The third-order valence-electron chi connectivity index (χ3n) is 3.32. The summed E-state index contributed by atoms with van der Waals surface area (Å²) in [6, 6.07) is 0.0176. The fourth-order valence-electron chi connectivity index (χ4n) is 2.15. The predicted molar refractivity (Wildman–Crippen MR) is 64.1 cm³/mol. The lowest BCUT2D eigenvalue weighted by Crippen LogP contribution is -2.49. The highest BCUT2D eigenvalue weighted by molar-refractivity contribution is 5.82. The average Bonchev–Trinajstić information content (AvgIpc) is 2.31. The number of hydrogen-bond acceptors (Lipinski definition) is 3. The van der Waals surface area contributed by atoms with E-state index in [0.717, 1.165) is 38.8 Å². The molecule has 0 aromatic carbocycles. The molecule has 1 saturated heterocycles. The summed E-state index contributed by atoms with van der Waals surface area (Å²) in [5.74, 6) is 0.588. The van der Waals surface area contributed by atoms with Gasteiger partial charge in [0, 0.05) is 19.7 Å². The van der Waals surface area contributed by atoms with Gasteiger partial charge in [0.1, 0.15) is 0 Å². The SMILES string of the molecule is CNC1CCCN(CCCC(C)CO)C1=O. The number of aliphatic hydroxyl groups is 1. The van der Waals surface area contributed by atoms with Crippen molar-refractivity contribution in [2.24, 2.45) is 5.92 Å². The third-order valence-corrected chi connectivity index (χ3v) is 3.32. The van der Waals surface area contributed by atoms with Crippen LogP contribution < -0.4 is 5.32 Å². The van der Waals surface area contributed by atoms with E-state index in [1.807, 2.05) is 18.9 Å². The third kappa shape index (κ3) is 3.76. The predicted octanol–water partition coefficient (Wildman–Crippen LogP) is 0.605. The molecular formula is C12H24N2O2. The monoisotopic (exact) mass is 228 g/mol. The van der Waals surface area contributed by atoms with Crippen LogP contribution in [0.5, 0.6) is 0 Å². The number of aliphatic hydroxyl groups excluding tert-OH is 1. The molecule has 0 aromatic rings. The first-order valence-corrected chi connectivity index (χ1v) is 6.26. The van der Waals surface area contributed by atoms with Crippen molar-refractivity contribution in [1.29, 1.82) is 0 Å². The molecule has 1 aliphatic heterocycles. The second-order valence-electron chi connectivity index (χ2n) is 4.74. The fraction of sp³-hybridized carbons (Fsp3) is 0.917. The standard InChI is InChI=1S/C12H24N2O2/c1-10(9-15)5-3-7-14-8-4-6-11(13-2)12(14)16/h10-11,13,15H,3-9H2,1-2H3. The molecule has 0 saturated carbocycles. The van der Waals surface area contributed by atoms with Crippen LogP contribution >= 0.6 is 0 Å². The zero-order valence-electron chi connectivity index (χ0n) is 10.4. The summed E-state index contributed by atoms with van der Waals surface area (Å²) in [5.41, 5.74) is 0. The molecule has 1 fully saturated rings. The number of piperidine rings is 1. The Hall–Kier alpha value is -0.610. The molecule has 0 aromatic heterocycles. The Kier molecular flexibility index (Phi) is 5.77. The molecule has 2 unspecified atom stereocenters. The number of likely N-dealkylation sites (tertiary alicyclic amines) is 1. The van der Waals surface area contributed by atoms with Crippen LogP contribution in [-0.2, 0) is 4.79 Å². The Labute approximate surface area is 98.0 Å². The number of amides is 1. The van der Waals surface area contributed by atoms with Crippen molar-refractivity contribution < 1.29 is 9.90 Å². The zero-order chi connectivity index (χ0) is 12.0. The van der Waals surface area contributed by atoms with Gasteiger partial charge >= 0.3 is 0 Å². The Bertz CT molecular complexity index is 221. The lowest BCUT2D eigenvalue weighted by atomic mass is 10.0. The number of nitrogens with zero attached hydrogens (tertiary/aromatic N) is 1. The first kappa shape index (κ1) is 13.5. The van der Waals surface area contributed by atoms with Gasteiger partial charge in [0.15, 0.2) is 0 Å². The fourth-order valence-corrected chi connectivity index (χ4v) is 2.15. The zero-order valence-corrected chi connectivity index (χ0v) is 10.4. The van der Waals surface area contributed by atoms with Crippen molar-refractivity contribution >= 4 is 5.91 Å². The second kappa shape index (κ2) is 6.86. The Morgan fingerprint density at radius 1 is 1.62 bits per heavy atom. The van der Waals surface area contributed by atoms with Gasteiger partial charge in [-0.2, -0.15) is 0 Å². The van der Waals surface area contributed by atoms with Crippen LogP contribution in [0.25, 0.3) is 0 Å². The Morgan fingerprint density at radius 2 is 2.38 bits per heavy atom. The summed E-state index contributed by atoms with van der Waals surface area (Å²) in [6.45, 7) is 4.01. The number of rotatable bonds is 6. The number of carbonyl (C=O) groups excluding carboxylic acids is 1. The molecule has 1 aliphatic rings. The van der Waals surface area contributed by atoms with Crippen LogP contribution in [0.1, 0.15) is 32.6 Å². The molecule has 0 bridgehead atoms. The topological polar surface area (TPSA) is 52.6 Å². The van der Waals surface area contributed by atoms with Crippen molar-refractivity contribution in [2.45, 2.75) is 38.6 Å². The maximum Gasteiger partial charge on any atom is 0.239 e. The van der Waals surface area contributed by atoms with E-state index in [1.165, 1.54) is 0 Å². The largest absolute Gasteiger partial charge is 0.396 e. The van der Waals surface area contributed by atoms with Gasteiger partial charge in [0.2, 0.25) is 5.91 Å². The minimum absolute atomic E-state index is 0.0176. The minimum atomic E-state index is 0.0176. The lowest BCUT2D eigenvalue weighted by molar-refractivity contribution is -0.135. The van der Waals surface area contributed by atoms with Gasteiger partial charge in [0.05, 0.1) is 6.04 Å². The normalized spacial score (nSPS) is 23.6. The molecule has 1 rings (SSSR count). The van der Waals surface area contributed by atoms with Gasteiger partial charge in [-0.05, 0) is 38.6 Å².